The van der Waals surface area contributed by atoms with E-state index in [1.807, 2.05) is 0 Å². The molecule has 1 aromatic rings. The average molecular weight is 603 g/mol. The van der Waals surface area contributed by atoms with Gasteiger partial charge >= 0.3 is 18.0 Å². The number of carboxylic acids is 2. The molecule has 0 aromatic heterocycles. The van der Waals surface area contributed by atoms with Gasteiger partial charge in [0, 0.05) is 17.7 Å². The maximum Gasteiger partial charge on any atom is 0.411 e. The van der Waals surface area contributed by atoms with E-state index in [2.05, 4.69) is 0 Å². The van der Waals surface area contributed by atoms with E-state index in [0.717, 1.165) is 29.2 Å². The van der Waals surface area contributed by atoms with Crippen molar-refractivity contribution in [2.75, 3.05) is 6.61 Å². The lowest BCUT2D eigenvalue weighted by Crippen LogP contribution is -2.70. The fraction of sp³-hybridized carbons (Fsp3) is 0.667. The Morgan fingerprint density at radius 2 is 1.49 bits per heavy atom. The minimum absolute atomic E-state index is 0.0784. The number of nitro benzene ring substituents is 1. The average Bonchev–Trinajstić information content (AvgIpc) is 2.76. The highest BCUT2D eigenvalue weighted by atomic mass is 32.2. The molecule has 232 valence electrons. The van der Waals surface area contributed by atoms with Crippen molar-refractivity contribution in [3.63, 3.8) is 0 Å². The first-order valence-corrected chi connectivity index (χ1v) is 14.4. The fourth-order valence-electron chi connectivity index (χ4n) is 4.52. The molecule has 0 heterocycles. The molecule has 1 rings (SSSR count). The Morgan fingerprint density at radius 1 is 0.976 bits per heavy atom. The highest BCUT2D eigenvalue weighted by Crippen LogP contribution is 2.46. The summed E-state index contributed by atoms with van der Waals surface area (Å²) in [5, 5.41) is 31.5. The zero-order valence-corrected chi connectivity index (χ0v) is 25.9. The van der Waals surface area contributed by atoms with E-state index in [9.17, 15) is 43.1 Å². The van der Waals surface area contributed by atoms with Crippen LogP contribution in [-0.2, 0) is 28.6 Å². The maximum absolute atomic E-state index is 13.5. The predicted molar refractivity (Wildman–Crippen MR) is 149 cm³/mol. The van der Waals surface area contributed by atoms with Gasteiger partial charge < -0.3 is 14.9 Å². The molecule has 41 heavy (non-hydrogen) atoms. The number of aliphatic carboxylic acids is 2. The normalized spacial score (nSPS) is 15.0. The highest BCUT2D eigenvalue weighted by molar-refractivity contribution is 7.86. The van der Waals surface area contributed by atoms with Crippen LogP contribution in [0.5, 0.6) is 0 Å². The van der Waals surface area contributed by atoms with Gasteiger partial charge in [0.05, 0.1) is 22.3 Å². The molecule has 0 saturated heterocycles. The molecule has 1 amide bonds. The predicted octanol–water partition coefficient (Wildman–Crippen LogP) is 5.08. The molecule has 2 atom stereocenters. The summed E-state index contributed by atoms with van der Waals surface area (Å²) in [4.78, 5) is 49.8. The fourth-order valence-corrected chi connectivity index (χ4v) is 5.46. The maximum atomic E-state index is 13.5. The first kappa shape index (κ1) is 35.8. The minimum Gasteiger partial charge on any atom is -0.481 e. The standard InChI is InChI=1S/C27H42N2O11S/c1-24(2,3)27(22(32)33,28(25(4,5)6)23(34)40-26(7,8)9)17-18(21(30)31)11-10-16-39-41(37,38)20-14-12-19(13-15-20)29(35)36/h12-15,18H,10-11,16-17H2,1-9H3,(H,30,31)(H,32,33)/t18-,27-/m1/s1. The van der Waals surface area contributed by atoms with Crippen LogP contribution in [0.15, 0.2) is 29.2 Å². The zero-order chi connectivity index (χ0) is 32.2. The van der Waals surface area contributed by atoms with Crippen LogP contribution in [0.25, 0.3) is 0 Å². The van der Waals surface area contributed by atoms with Crippen molar-refractivity contribution in [3.8, 4) is 0 Å². The van der Waals surface area contributed by atoms with Gasteiger partial charge in [-0.15, -0.1) is 0 Å². The van der Waals surface area contributed by atoms with E-state index in [-0.39, 0.29) is 23.4 Å². The van der Waals surface area contributed by atoms with E-state index in [1.165, 1.54) is 0 Å². The number of non-ortho nitro benzene ring substituents is 1. The Hall–Kier alpha value is -3.26. The molecular weight excluding hydrogens is 560 g/mol. The van der Waals surface area contributed by atoms with Crippen molar-refractivity contribution in [1.82, 2.24) is 4.90 Å². The summed E-state index contributed by atoms with van der Waals surface area (Å²) in [5.41, 5.74) is -5.57. The molecule has 1 aromatic carbocycles. The molecule has 13 nitrogen and oxygen atoms in total. The van der Waals surface area contributed by atoms with E-state index < -0.39 is 74.1 Å². The molecule has 0 spiro atoms. The van der Waals surface area contributed by atoms with Crippen LogP contribution in [0, 0.1) is 21.4 Å². The molecule has 0 radical (unpaired) electrons. The van der Waals surface area contributed by atoms with E-state index in [4.69, 9.17) is 8.92 Å². The van der Waals surface area contributed by atoms with Crippen LogP contribution < -0.4 is 0 Å². The molecule has 0 aliphatic rings. The molecule has 0 aliphatic heterocycles. The van der Waals surface area contributed by atoms with Crippen molar-refractivity contribution in [3.05, 3.63) is 34.4 Å². The Labute approximate surface area is 241 Å². The second-order valence-electron chi connectivity index (χ2n) is 12.8. The number of nitro groups is 1. The smallest absolute Gasteiger partial charge is 0.411 e. The van der Waals surface area contributed by atoms with Crippen molar-refractivity contribution >= 4 is 33.8 Å². The van der Waals surface area contributed by atoms with Gasteiger partial charge in [0.2, 0.25) is 0 Å². The summed E-state index contributed by atoms with van der Waals surface area (Å²) in [7, 11) is -4.29. The van der Waals surface area contributed by atoms with Crippen LogP contribution in [0.4, 0.5) is 10.5 Å². The summed E-state index contributed by atoms with van der Waals surface area (Å²) in [6.45, 7) is 14.2. The Kier molecular flexibility index (Phi) is 11.1. The number of nitrogens with zero attached hydrogens (tertiary/aromatic N) is 2. The Bertz CT molecular complexity index is 1220. The Morgan fingerprint density at radius 3 is 1.85 bits per heavy atom. The number of benzene rings is 1. The quantitative estimate of drug-likeness (QED) is 0.140. The van der Waals surface area contributed by atoms with Gasteiger partial charge in [0.15, 0.2) is 0 Å². The summed E-state index contributed by atoms with van der Waals surface area (Å²) in [5.74, 6) is -4.03. The van der Waals surface area contributed by atoms with Gasteiger partial charge in [0.25, 0.3) is 15.8 Å². The van der Waals surface area contributed by atoms with Gasteiger partial charge in [-0.05, 0) is 78.4 Å². The zero-order valence-electron chi connectivity index (χ0n) is 25.1. The topological polar surface area (TPSA) is 191 Å². The number of carbonyl (C=O) groups excluding carboxylic acids is 1. The van der Waals surface area contributed by atoms with Gasteiger partial charge in [-0.3, -0.25) is 24.0 Å². The van der Waals surface area contributed by atoms with Crippen LogP contribution in [-0.4, -0.2) is 69.8 Å². The van der Waals surface area contributed by atoms with Crippen molar-refractivity contribution in [2.24, 2.45) is 11.3 Å². The third-order valence-corrected chi connectivity index (χ3v) is 7.71. The molecule has 14 heteroatoms. The number of hydrogen-bond donors (Lipinski definition) is 2. The van der Waals surface area contributed by atoms with Crippen LogP contribution in [0.1, 0.15) is 81.6 Å². The Balaban J connectivity index is 3.32. The van der Waals surface area contributed by atoms with Gasteiger partial charge in [-0.2, -0.15) is 8.42 Å². The molecule has 0 saturated carbocycles. The van der Waals surface area contributed by atoms with Crippen LogP contribution in [0.2, 0.25) is 0 Å². The summed E-state index contributed by atoms with van der Waals surface area (Å²) < 4.78 is 35.5. The number of amides is 1. The third-order valence-electron chi connectivity index (χ3n) is 6.39. The second-order valence-corrected chi connectivity index (χ2v) is 14.4. The monoisotopic (exact) mass is 602 g/mol. The summed E-state index contributed by atoms with van der Waals surface area (Å²) >= 11 is 0. The first-order chi connectivity index (χ1) is 18.4. The van der Waals surface area contributed by atoms with Gasteiger partial charge in [0.1, 0.15) is 11.1 Å². The van der Waals surface area contributed by atoms with Gasteiger partial charge in [-0.1, -0.05) is 20.8 Å². The molecule has 0 fully saturated rings. The van der Waals surface area contributed by atoms with Gasteiger partial charge in [-0.25, -0.2) is 9.59 Å². The molecule has 0 aliphatic carbocycles. The first-order valence-electron chi connectivity index (χ1n) is 13.0. The summed E-state index contributed by atoms with van der Waals surface area (Å²) in [6, 6.07) is 4.08. The molecule has 0 unspecified atom stereocenters. The number of carbonyl (C=O) groups is 3. The number of carboxylic acid groups (broad SMARTS) is 2. The van der Waals surface area contributed by atoms with E-state index in [0.29, 0.717) is 0 Å². The van der Waals surface area contributed by atoms with E-state index >= 15 is 0 Å². The van der Waals surface area contributed by atoms with E-state index in [1.54, 1.807) is 62.3 Å². The lowest BCUT2D eigenvalue weighted by Gasteiger charge is -2.54. The van der Waals surface area contributed by atoms with Crippen LogP contribution in [0.3, 0.4) is 0 Å². The van der Waals surface area contributed by atoms with Crippen molar-refractivity contribution < 1.29 is 46.9 Å². The number of ether oxygens (including phenoxy) is 1. The third kappa shape index (κ3) is 9.12. The number of hydrogen-bond acceptors (Lipinski definition) is 9. The largest absolute Gasteiger partial charge is 0.481 e. The van der Waals surface area contributed by atoms with Crippen molar-refractivity contribution in [2.45, 2.75) is 103 Å². The summed E-state index contributed by atoms with van der Waals surface area (Å²) in [6.07, 6.45) is -1.65. The molecule has 0 bridgehead atoms. The molecular formula is C27H42N2O11S. The lowest BCUT2D eigenvalue weighted by molar-refractivity contribution is -0.384. The highest BCUT2D eigenvalue weighted by Gasteiger charge is 2.60. The lowest BCUT2D eigenvalue weighted by atomic mass is 9.66. The molecule has 2 N–H and O–H groups in total. The number of rotatable bonds is 12. The van der Waals surface area contributed by atoms with Crippen LogP contribution >= 0.6 is 0 Å². The minimum atomic E-state index is -4.29. The second kappa shape index (κ2) is 12.7. The van der Waals surface area contributed by atoms with Crippen molar-refractivity contribution in [1.29, 1.82) is 0 Å². The SMILES string of the molecule is CC(C)(C)OC(=O)N(C(C)(C)C)[C@](C[C@@H](CCCOS(=O)(=O)c1ccc([N+](=O)[O-])cc1)C(=O)O)(C(=O)O)C(C)(C)C.